The van der Waals surface area contributed by atoms with Crippen molar-refractivity contribution in [3.05, 3.63) is 29.8 Å². The van der Waals surface area contributed by atoms with Crippen LogP contribution in [0.25, 0.3) is 0 Å². The number of carbonyl (C=O) groups excluding carboxylic acids is 2. The lowest BCUT2D eigenvalue weighted by Gasteiger charge is -2.25. The molecule has 1 rings (SSSR count). The molecule has 0 radical (unpaired) electrons. The van der Waals surface area contributed by atoms with Crippen LogP contribution in [0, 0.1) is 0 Å². The minimum Gasteiger partial charge on any atom is -0.479 e. The quantitative estimate of drug-likeness (QED) is 0.637. The zero-order valence-electron chi connectivity index (χ0n) is 15.8. The number of hydrogen-bond acceptors (Lipinski definition) is 6. The number of ether oxygens (including phenoxy) is 4. The SMILES string of the molecule is CCC(C)(C)OC(=O)C(C)Oc1cccc(CC(OC)C(=O)OC)c1. The first-order valence-corrected chi connectivity index (χ1v) is 8.31. The minimum absolute atomic E-state index is 0.349. The average Bonchev–Trinajstić information content (AvgIpc) is 2.58. The van der Waals surface area contributed by atoms with Crippen molar-refractivity contribution in [1.29, 1.82) is 0 Å². The Morgan fingerprint density at radius 3 is 2.40 bits per heavy atom. The molecule has 0 aromatic heterocycles. The molecule has 0 heterocycles. The Morgan fingerprint density at radius 2 is 1.84 bits per heavy atom. The lowest BCUT2D eigenvalue weighted by atomic mass is 10.1. The minimum atomic E-state index is -0.736. The van der Waals surface area contributed by atoms with Gasteiger partial charge in [-0.3, -0.25) is 0 Å². The van der Waals surface area contributed by atoms with E-state index < -0.39 is 29.7 Å². The highest BCUT2D eigenvalue weighted by Gasteiger charge is 2.25. The highest BCUT2D eigenvalue weighted by Crippen LogP contribution is 2.19. The van der Waals surface area contributed by atoms with Crippen LogP contribution in [0.3, 0.4) is 0 Å². The smallest absolute Gasteiger partial charge is 0.347 e. The Labute approximate surface area is 149 Å². The molecule has 1 aromatic rings. The van der Waals surface area contributed by atoms with Crippen molar-refractivity contribution in [2.24, 2.45) is 0 Å². The third-order valence-electron chi connectivity index (χ3n) is 3.94. The van der Waals surface area contributed by atoms with Crippen LogP contribution in [-0.4, -0.2) is 44.0 Å². The Kier molecular flexibility index (Phi) is 7.90. The molecular weight excluding hydrogens is 324 g/mol. The fourth-order valence-electron chi connectivity index (χ4n) is 2.03. The molecule has 0 fully saturated rings. The van der Waals surface area contributed by atoms with E-state index in [1.807, 2.05) is 26.8 Å². The predicted molar refractivity (Wildman–Crippen MR) is 93.5 cm³/mol. The maximum Gasteiger partial charge on any atom is 0.347 e. The normalized spacial score (nSPS) is 13.7. The summed E-state index contributed by atoms with van der Waals surface area (Å²) in [6.07, 6.45) is -0.359. The van der Waals surface area contributed by atoms with Gasteiger partial charge in [-0.15, -0.1) is 0 Å². The number of methoxy groups -OCH3 is 2. The van der Waals surface area contributed by atoms with Crippen molar-refractivity contribution in [1.82, 2.24) is 0 Å². The van der Waals surface area contributed by atoms with Gasteiger partial charge in [0.1, 0.15) is 11.4 Å². The molecule has 25 heavy (non-hydrogen) atoms. The van der Waals surface area contributed by atoms with Gasteiger partial charge in [-0.25, -0.2) is 9.59 Å². The van der Waals surface area contributed by atoms with E-state index in [-0.39, 0.29) is 0 Å². The number of benzene rings is 1. The van der Waals surface area contributed by atoms with E-state index in [0.717, 1.165) is 5.56 Å². The van der Waals surface area contributed by atoms with Gasteiger partial charge in [-0.05, 0) is 44.9 Å². The van der Waals surface area contributed by atoms with Gasteiger partial charge in [0.25, 0.3) is 0 Å². The molecule has 2 unspecified atom stereocenters. The van der Waals surface area contributed by atoms with Crippen LogP contribution in [0.15, 0.2) is 24.3 Å². The molecule has 140 valence electrons. The lowest BCUT2D eigenvalue weighted by Crippen LogP contribution is -2.34. The Morgan fingerprint density at radius 1 is 1.16 bits per heavy atom. The fraction of sp³-hybridized carbons (Fsp3) is 0.579. The van der Waals surface area contributed by atoms with E-state index in [2.05, 4.69) is 0 Å². The van der Waals surface area contributed by atoms with Crippen LogP contribution < -0.4 is 4.74 Å². The Bertz CT molecular complexity index is 581. The molecule has 0 spiro atoms. The standard InChI is InChI=1S/C19H28O6/c1-7-19(3,4)25-17(20)13(2)24-15-10-8-9-14(11-15)12-16(22-5)18(21)23-6/h8-11,13,16H,7,12H2,1-6H3. The van der Waals surface area contributed by atoms with Crippen LogP contribution in [0.2, 0.25) is 0 Å². The first-order valence-electron chi connectivity index (χ1n) is 8.31. The van der Waals surface area contributed by atoms with Gasteiger partial charge in [-0.1, -0.05) is 19.1 Å². The molecule has 0 bridgehead atoms. The fourth-order valence-corrected chi connectivity index (χ4v) is 2.03. The molecule has 0 saturated carbocycles. The van der Waals surface area contributed by atoms with E-state index in [4.69, 9.17) is 18.9 Å². The Balaban J connectivity index is 2.74. The maximum atomic E-state index is 12.1. The first kappa shape index (κ1) is 21.0. The summed E-state index contributed by atoms with van der Waals surface area (Å²) in [4.78, 5) is 23.8. The van der Waals surface area contributed by atoms with Gasteiger partial charge in [-0.2, -0.15) is 0 Å². The maximum absolute atomic E-state index is 12.1. The van der Waals surface area contributed by atoms with Gasteiger partial charge < -0.3 is 18.9 Å². The topological polar surface area (TPSA) is 71.1 Å². The van der Waals surface area contributed by atoms with Crippen molar-refractivity contribution in [2.45, 2.75) is 58.3 Å². The van der Waals surface area contributed by atoms with Gasteiger partial charge in [0.05, 0.1) is 7.11 Å². The van der Waals surface area contributed by atoms with Crippen molar-refractivity contribution in [3.63, 3.8) is 0 Å². The van der Waals surface area contributed by atoms with Crippen molar-refractivity contribution >= 4 is 11.9 Å². The summed E-state index contributed by atoms with van der Waals surface area (Å²) in [7, 11) is 2.77. The molecule has 0 saturated heterocycles. The lowest BCUT2D eigenvalue weighted by molar-refractivity contribution is -0.164. The van der Waals surface area contributed by atoms with Gasteiger partial charge in [0.2, 0.25) is 0 Å². The van der Waals surface area contributed by atoms with Crippen LogP contribution in [0.5, 0.6) is 5.75 Å². The summed E-state index contributed by atoms with van der Waals surface area (Å²) in [6.45, 7) is 7.31. The highest BCUT2D eigenvalue weighted by molar-refractivity contribution is 5.75. The van der Waals surface area contributed by atoms with Crippen molar-refractivity contribution in [2.75, 3.05) is 14.2 Å². The molecule has 0 aliphatic heterocycles. The van der Waals surface area contributed by atoms with Crippen LogP contribution in [0.1, 0.15) is 39.7 Å². The van der Waals surface area contributed by atoms with Gasteiger partial charge in [0, 0.05) is 13.5 Å². The molecule has 6 heteroatoms. The third-order valence-corrected chi connectivity index (χ3v) is 3.94. The number of esters is 2. The third kappa shape index (κ3) is 6.74. The summed E-state index contributed by atoms with van der Waals surface area (Å²) in [5.74, 6) is -0.329. The van der Waals surface area contributed by atoms with Crippen LogP contribution in [-0.2, 0) is 30.2 Å². The van der Waals surface area contributed by atoms with Gasteiger partial charge in [0.15, 0.2) is 12.2 Å². The van der Waals surface area contributed by atoms with E-state index in [1.165, 1.54) is 14.2 Å². The second-order valence-corrected chi connectivity index (χ2v) is 6.39. The highest BCUT2D eigenvalue weighted by atomic mass is 16.6. The molecule has 0 amide bonds. The predicted octanol–water partition coefficient (Wildman–Crippen LogP) is 2.92. The first-order chi connectivity index (χ1) is 11.7. The zero-order valence-corrected chi connectivity index (χ0v) is 15.8. The van der Waals surface area contributed by atoms with Crippen molar-refractivity contribution < 1.29 is 28.5 Å². The summed E-state index contributed by atoms with van der Waals surface area (Å²) >= 11 is 0. The molecule has 1 aromatic carbocycles. The van der Waals surface area contributed by atoms with E-state index in [9.17, 15) is 9.59 Å². The largest absolute Gasteiger partial charge is 0.479 e. The number of hydrogen-bond donors (Lipinski definition) is 0. The summed E-state index contributed by atoms with van der Waals surface area (Å²) in [5.41, 5.74) is 0.312. The van der Waals surface area contributed by atoms with Crippen LogP contribution in [0.4, 0.5) is 0 Å². The molecule has 0 N–H and O–H groups in total. The molecule has 0 aliphatic rings. The number of carbonyl (C=O) groups is 2. The second kappa shape index (κ2) is 9.42. The van der Waals surface area contributed by atoms with E-state index in [0.29, 0.717) is 18.6 Å². The zero-order chi connectivity index (χ0) is 19.0. The van der Waals surface area contributed by atoms with Crippen LogP contribution >= 0.6 is 0 Å². The summed E-state index contributed by atoms with van der Waals surface area (Å²) in [5, 5.41) is 0. The van der Waals surface area contributed by atoms with E-state index in [1.54, 1.807) is 25.1 Å². The molecule has 2 atom stereocenters. The monoisotopic (exact) mass is 352 g/mol. The Hall–Kier alpha value is -2.08. The van der Waals surface area contributed by atoms with Gasteiger partial charge >= 0.3 is 11.9 Å². The average molecular weight is 352 g/mol. The molecular formula is C19H28O6. The molecule has 6 nitrogen and oxygen atoms in total. The van der Waals surface area contributed by atoms with Crippen molar-refractivity contribution in [3.8, 4) is 5.75 Å². The number of rotatable bonds is 9. The summed E-state index contributed by atoms with van der Waals surface area (Å²) < 4.78 is 21.0. The molecule has 0 aliphatic carbocycles. The summed E-state index contributed by atoms with van der Waals surface area (Å²) in [6, 6.07) is 7.16. The second-order valence-electron chi connectivity index (χ2n) is 6.39. The van der Waals surface area contributed by atoms with E-state index >= 15 is 0 Å².